The van der Waals surface area contributed by atoms with Crippen LogP contribution in [0.2, 0.25) is 0 Å². The van der Waals surface area contributed by atoms with Crippen LogP contribution in [-0.4, -0.2) is 46.9 Å². The Morgan fingerprint density at radius 1 is 1.00 bits per heavy atom. The van der Waals surface area contributed by atoms with Crippen molar-refractivity contribution in [1.82, 2.24) is 5.32 Å². The summed E-state index contributed by atoms with van der Waals surface area (Å²) < 4.78 is 5.97. The first-order valence-electron chi connectivity index (χ1n) is 10.8. The molecule has 4 rings (SSSR count). The lowest BCUT2D eigenvalue weighted by atomic mass is 9.98. The number of hydrogen-bond acceptors (Lipinski definition) is 5. The highest BCUT2D eigenvalue weighted by Gasteiger charge is 2.31. The number of rotatable bonds is 7. The Morgan fingerprint density at radius 2 is 1.60 bits per heavy atom. The predicted molar refractivity (Wildman–Crippen MR) is 133 cm³/mol. The number of aliphatic hydroxyl groups is 1. The molecule has 180 valence electrons. The van der Waals surface area contributed by atoms with Crippen LogP contribution < -0.4 is 10.6 Å². The van der Waals surface area contributed by atoms with Crippen LogP contribution in [0.3, 0.4) is 0 Å². The summed E-state index contributed by atoms with van der Waals surface area (Å²) >= 11 is 3.27. The second kappa shape index (κ2) is 9.89. The highest BCUT2D eigenvalue weighted by Crippen LogP contribution is 2.44. The van der Waals surface area contributed by atoms with Crippen molar-refractivity contribution < 1.29 is 29.3 Å². The first-order chi connectivity index (χ1) is 16.7. The summed E-state index contributed by atoms with van der Waals surface area (Å²) in [6.07, 6.45) is -0.672. The van der Waals surface area contributed by atoms with Crippen molar-refractivity contribution in [1.29, 1.82) is 0 Å². The summed E-state index contributed by atoms with van der Waals surface area (Å²) in [6, 6.07) is 20.6. The lowest BCUT2D eigenvalue weighted by Gasteiger charge is -2.18. The maximum atomic E-state index is 12.5. The largest absolute Gasteiger partial charge is 0.479 e. The number of carbonyl (C=O) groups excluding carboxylic acids is 2. The topological polar surface area (TPSA) is 125 Å². The summed E-state index contributed by atoms with van der Waals surface area (Å²) in [5.74, 6) is -2.15. The van der Waals surface area contributed by atoms with E-state index in [1.54, 1.807) is 12.1 Å². The summed E-state index contributed by atoms with van der Waals surface area (Å²) in [5.41, 5.74) is 2.82. The molecule has 0 saturated carbocycles. The lowest BCUT2D eigenvalue weighted by Crippen LogP contribution is -2.46. The van der Waals surface area contributed by atoms with Crippen molar-refractivity contribution in [3.63, 3.8) is 0 Å². The molecule has 0 heterocycles. The van der Waals surface area contributed by atoms with Crippen molar-refractivity contribution >= 4 is 39.6 Å². The molecule has 0 aliphatic heterocycles. The number of carbonyl (C=O) groups is 3. The van der Waals surface area contributed by atoms with Gasteiger partial charge in [-0.3, -0.25) is 10.1 Å². The number of carboxylic acids is 1. The van der Waals surface area contributed by atoms with E-state index >= 15 is 0 Å². The van der Waals surface area contributed by atoms with Gasteiger partial charge < -0.3 is 20.3 Å². The van der Waals surface area contributed by atoms with Crippen LogP contribution >= 0.6 is 15.9 Å². The molecule has 0 bridgehead atoms. The van der Waals surface area contributed by atoms with E-state index in [0.717, 1.165) is 29.2 Å². The number of anilines is 1. The molecule has 35 heavy (non-hydrogen) atoms. The third-order valence-electron chi connectivity index (χ3n) is 5.85. The number of ether oxygens (including phenoxy) is 1. The first-order valence-corrected chi connectivity index (χ1v) is 11.6. The smallest absolute Gasteiger partial charge is 0.411 e. The summed E-state index contributed by atoms with van der Waals surface area (Å²) in [6.45, 7) is 0.741. The van der Waals surface area contributed by atoms with Crippen LogP contribution in [-0.2, 0) is 9.53 Å². The monoisotopic (exact) mass is 538 g/mol. The summed E-state index contributed by atoms with van der Waals surface area (Å²) in [5, 5.41) is 23.8. The number of benzene rings is 3. The molecule has 0 saturated heterocycles. The molecular formula is C26H23BrN2O6. The zero-order valence-electron chi connectivity index (χ0n) is 18.7. The van der Waals surface area contributed by atoms with E-state index < -0.39 is 30.1 Å². The molecule has 1 unspecified atom stereocenters. The van der Waals surface area contributed by atoms with Crippen molar-refractivity contribution in [2.45, 2.75) is 18.4 Å². The van der Waals surface area contributed by atoms with Crippen LogP contribution in [0.5, 0.6) is 0 Å². The van der Waals surface area contributed by atoms with Crippen molar-refractivity contribution in [2.24, 2.45) is 0 Å². The van der Waals surface area contributed by atoms with Crippen molar-refractivity contribution in [3.05, 3.63) is 87.9 Å². The number of hydrogen-bond donors (Lipinski definition) is 4. The van der Waals surface area contributed by atoms with E-state index in [4.69, 9.17) is 9.84 Å². The lowest BCUT2D eigenvalue weighted by molar-refractivity contribution is -0.155. The molecule has 3 aromatic rings. The zero-order valence-corrected chi connectivity index (χ0v) is 20.3. The SMILES string of the molecule is CC(O)(CNC(=O)c1cc(NC(=O)OCC2c3ccccc3-c3ccccc32)ccc1Br)C(=O)O. The standard InChI is InChI=1S/C26H23BrN2O6/c1-26(34,24(31)32)14-28-23(30)20-12-15(10-11-22(20)27)29-25(33)35-13-21-18-8-4-2-6-16(18)17-7-3-5-9-19(17)21/h2-12,21,34H,13-14H2,1H3,(H,28,30)(H,29,33)(H,31,32). The van der Waals surface area contributed by atoms with Crippen LogP contribution in [0.15, 0.2) is 71.2 Å². The molecule has 1 atom stereocenters. The van der Waals surface area contributed by atoms with Crippen molar-refractivity contribution in [2.75, 3.05) is 18.5 Å². The summed E-state index contributed by atoms with van der Waals surface area (Å²) in [7, 11) is 0. The van der Waals surface area contributed by atoms with Gasteiger partial charge in [0.25, 0.3) is 5.91 Å². The molecule has 3 aromatic carbocycles. The third-order valence-corrected chi connectivity index (χ3v) is 6.55. The van der Waals surface area contributed by atoms with Gasteiger partial charge in [-0.1, -0.05) is 48.5 Å². The average molecular weight is 539 g/mol. The van der Waals surface area contributed by atoms with Crippen LogP contribution in [0, 0.1) is 0 Å². The summed E-state index contributed by atoms with van der Waals surface area (Å²) in [4.78, 5) is 36.1. The fourth-order valence-corrected chi connectivity index (χ4v) is 4.38. The quantitative estimate of drug-likeness (QED) is 0.354. The maximum absolute atomic E-state index is 12.5. The normalized spacial score (nSPS) is 13.8. The Morgan fingerprint density at radius 3 is 2.20 bits per heavy atom. The molecule has 0 spiro atoms. The number of aliphatic carboxylic acids is 1. The van der Waals surface area contributed by atoms with E-state index in [-0.39, 0.29) is 18.1 Å². The Bertz CT molecular complexity index is 1260. The fraction of sp³-hybridized carbons (Fsp3) is 0.192. The van der Waals surface area contributed by atoms with E-state index in [1.807, 2.05) is 36.4 Å². The van der Waals surface area contributed by atoms with Gasteiger partial charge in [0.2, 0.25) is 0 Å². The van der Waals surface area contributed by atoms with Gasteiger partial charge in [-0.2, -0.15) is 0 Å². The van der Waals surface area contributed by atoms with E-state index in [0.29, 0.717) is 10.2 Å². The number of fused-ring (bicyclic) bond motifs is 3. The Hall–Kier alpha value is -3.69. The molecule has 8 nitrogen and oxygen atoms in total. The Kier molecular flexibility index (Phi) is 6.90. The van der Waals surface area contributed by atoms with Crippen LogP contribution in [0.1, 0.15) is 34.3 Å². The zero-order chi connectivity index (χ0) is 25.2. The van der Waals surface area contributed by atoms with E-state index in [9.17, 15) is 19.5 Å². The van der Waals surface area contributed by atoms with Gasteiger partial charge in [-0.25, -0.2) is 9.59 Å². The van der Waals surface area contributed by atoms with Gasteiger partial charge in [-0.15, -0.1) is 0 Å². The Labute approximate surface area is 210 Å². The van der Waals surface area contributed by atoms with Crippen LogP contribution in [0.4, 0.5) is 10.5 Å². The molecule has 0 radical (unpaired) electrons. The molecule has 9 heteroatoms. The number of carboxylic acid groups (broad SMARTS) is 1. The minimum Gasteiger partial charge on any atom is -0.479 e. The maximum Gasteiger partial charge on any atom is 0.411 e. The molecule has 1 aliphatic carbocycles. The van der Waals surface area contributed by atoms with E-state index in [2.05, 4.69) is 38.7 Å². The van der Waals surface area contributed by atoms with Gasteiger partial charge in [0.15, 0.2) is 5.60 Å². The molecule has 2 amide bonds. The molecular weight excluding hydrogens is 516 g/mol. The Balaban J connectivity index is 1.41. The number of halogens is 1. The van der Waals surface area contributed by atoms with Gasteiger partial charge >= 0.3 is 12.1 Å². The first kappa shape index (κ1) is 24.4. The van der Waals surface area contributed by atoms with Gasteiger partial charge in [0.05, 0.1) is 12.1 Å². The molecule has 0 fully saturated rings. The second-order valence-electron chi connectivity index (χ2n) is 8.41. The number of nitrogens with one attached hydrogen (secondary N) is 2. The van der Waals surface area contributed by atoms with E-state index in [1.165, 1.54) is 6.07 Å². The second-order valence-corrected chi connectivity index (χ2v) is 9.26. The number of amides is 2. The average Bonchev–Trinajstić information content (AvgIpc) is 3.16. The predicted octanol–water partition coefficient (Wildman–Crippen LogP) is 4.38. The van der Waals surface area contributed by atoms with Crippen LogP contribution in [0.25, 0.3) is 11.1 Å². The fourth-order valence-electron chi connectivity index (χ4n) is 3.95. The van der Waals surface area contributed by atoms with Gasteiger partial charge in [0.1, 0.15) is 6.61 Å². The third kappa shape index (κ3) is 5.21. The highest BCUT2D eigenvalue weighted by molar-refractivity contribution is 9.10. The van der Waals surface area contributed by atoms with Gasteiger partial charge in [0, 0.05) is 16.1 Å². The molecule has 1 aliphatic rings. The van der Waals surface area contributed by atoms with Gasteiger partial charge in [-0.05, 0) is 63.3 Å². The highest BCUT2D eigenvalue weighted by atomic mass is 79.9. The molecule has 0 aromatic heterocycles. The molecule has 4 N–H and O–H groups in total. The van der Waals surface area contributed by atoms with Crippen molar-refractivity contribution in [3.8, 4) is 11.1 Å². The minimum atomic E-state index is -2.11. The minimum absolute atomic E-state index is 0.0820.